The molecule has 0 unspecified atom stereocenters. The van der Waals surface area contributed by atoms with E-state index in [-0.39, 0.29) is 24.9 Å². The second-order valence-electron chi connectivity index (χ2n) is 5.50. The van der Waals surface area contributed by atoms with Crippen LogP contribution in [0.2, 0.25) is 0 Å². The minimum atomic E-state index is -0.874. The van der Waals surface area contributed by atoms with Gasteiger partial charge in [0.15, 0.2) is 0 Å². The van der Waals surface area contributed by atoms with Crippen molar-refractivity contribution in [3.63, 3.8) is 0 Å². The second-order valence-corrected chi connectivity index (χ2v) is 5.50. The Labute approximate surface area is 117 Å². The average molecular weight is 280 g/mol. The quantitative estimate of drug-likeness (QED) is 0.854. The molecule has 110 valence electrons. The molecule has 1 saturated carbocycles. The topological polar surface area (TPSA) is 83.6 Å². The zero-order chi connectivity index (χ0) is 14.9. The number of hydrogen-bond donors (Lipinski definition) is 1. The lowest BCUT2D eigenvalue weighted by molar-refractivity contribution is -0.143. The van der Waals surface area contributed by atoms with Gasteiger partial charge in [-0.1, -0.05) is 12.1 Å². The van der Waals surface area contributed by atoms with Crippen LogP contribution in [0.4, 0.5) is 0 Å². The van der Waals surface area contributed by atoms with E-state index in [0.29, 0.717) is 5.76 Å². The number of rotatable bonds is 6. The first-order valence-corrected chi connectivity index (χ1v) is 6.84. The Bertz CT molecular complexity index is 500. The van der Waals surface area contributed by atoms with Gasteiger partial charge in [-0.25, -0.2) is 0 Å². The van der Waals surface area contributed by atoms with Gasteiger partial charge < -0.3 is 14.5 Å². The van der Waals surface area contributed by atoms with Gasteiger partial charge >= 0.3 is 5.97 Å². The summed E-state index contributed by atoms with van der Waals surface area (Å²) in [5.41, 5.74) is 1.53. The highest BCUT2D eigenvalue weighted by molar-refractivity contribution is 5.80. The smallest absolute Gasteiger partial charge is 0.308 e. The van der Waals surface area contributed by atoms with Crippen molar-refractivity contribution in [1.82, 2.24) is 10.1 Å². The Morgan fingerprint density at radius 1 is 1.45 bits per heavy atom. The van der Waals surface area contributed by atoms with Crippen molar-refractivity contribution in [2.75, 3.05) is 6.54 Å². The van der Waals surface area contributed by atoms with Crippen molar-refractivity contribution in [3.05, 3.63) is 17.0 Å². The normalized spacial score (nSPS) is 15.9. The van der Waals surface area contributed by atoms with E-state index in [0.717, 1.165) is 24.1 Å². The van der Waals surface area contributed by atoms with Crippen molar-refractivity contribution in [2.45, 2.75) is 46.1 Å². The molecular formula is C14H20N2O4. The Kier molecular flexibility index (Phi) is 4.11. The van der Waals surface area contributed by atoms with Crippen molar-refractivity contribution >= 4 is 11.9 Å². The van der Waals surface area contributed by atoms with Crippen LogP contribution in [0.25, 0.3) is 0 Å². The SMILES string of the molecule is Cc1noc(C)c1CC(=O)N(C[C@@H](C)C(=O)O)C1CC1. The molecular weight excluding hydrogens is 260 g/mol. The summed E-state index contributed by atoms with van der Waals surface area (Å²) >= 11 is 0. The molecule has 1 N–H and O–H groups in total. The summed E-state index contributed by atoms with van der Waals surface area (Å²) in [6.07, 6.45) is 2.14. The van der Waals surface area contributed by atoms with Gasteiger partial charge in [0.1, 0.15) is 5.76 Å². The lowest BCUT2D eigenvalue weighted by Gasteiger charge is -2.24. The summed E-state index contributed by atoms with van der Waals surface area (Å²) in [6, 6.07) is 0.199. The zero-order valence-electron chi connectivity index (χ0n) is 12.0. The fourth-order valence-electron chi connectivity index (χ4n) is 2.22. The molecule has 1 aromatic heterocycles. The minimum Gasteiger partial charge on any atom is -0.481 e. The van der Waals surface area contributed by atoms with Gasteiger partial charge in [-0.05, 0) is 26.7 Å². The highest BCUT2D eigenvalue weighted by Crippen LogP contribution is 2.28. The first-order valence-electron chi connectivity index (χ1n) is 6.84. The summed E-state index contributed by atoms with van der Waals surface area (Å²) < 4.78 is 5.06. The standard InChI is InChI=1S/C14H20N2O4/c1-8(14(18)19)7-16(11-4-5-11)13(17)6-12-9(2)15-20-10(12)3/h8,11H,4-7H2,1-3H3,(H,18,19)/t8-/m1/s1. The number of aryl methyl sites for hydroxylation is 2. The van der Waals surface area contributed by atoms with Crippen molar-refractivity contribution < 1.29 is 19.2 Å². The zero-order valence-corrected chi connectivity index (χ0v) is 12.0. The second kappa shape index (κ2) is 5.64. The summed E-state index contributed by atoms with van der Waals surface area (Å²) in [4.78, 5) is 25.1. The Morgan fingerprint density at radius 2 is 2.10 bits per heavy atom. The van der Waals surface area contributed by atoms with Crippen LogP contribution in [0.3, 0.4) is 0 Å². The fraction of sp³-hybridized carbons (Fsp3) is 0.643. The fourth-order valence-corrected chi connectivity index (χ4v) is 2.22. The molecule has 1 aliphatic carbocycles. The van der Waals surface area contributed by atoms with Crippen molar-refractivity contribution in [2.24, 2.45) is 5.92 Å². The van der Waals surface area contributed by atoms with Gasteiger partial charge in [0, 0.05) is 18.2 Å². The Hall–Kier alpha value is -1.85. The number of carboxylic acid groups (broad SMARTS) is 1. The van der Waals surface area contributed by atoms with Crippen LogP contribution in [-0.2, 0) is 16.0 Å². The number of nitrogens with zero attached hydrogens (tertiary/aromatic N) is 2. The maximum atomic E-state index is 12.4. The summed E-state index contributed by atoms with van der Waals surface area (Å²) in [7, 11) is 0. The molecule has 1 aromatic rings. The summed E-state index contributed by atoms with van der Waals surface area (Å²) in [5, 5.41) is 12.8. The molecule has 1 amide bonds. The third kappa shape index (κ3) is 3.18. The maximum Gasteiger partial charge on any atom is 0.308 e. The molecule has 20 heavy (non-hydrogen) atoms. The molecule has 6 nitrogen and oxygen atoms in total. The minimum absolute atomic E-state index is 0.0463. The van der Waals surface area contributed by atoms with E-state index in [1.807, 2.05) is 0 Å². The molecule has 0 radical (unpaired) electrons. The van der Waals surface area contributed by atoms with Crippen molar-refractivity contribution in [3.8, 4) is 0 Å². The van der Waals surface area contributed by atoms with Crippen LogP contribution in [0, 0.1) is 19.8 Å². The Morgan fingerprint density at radius 3 is 2.55 bits per heavy atom. The molecule has 2 rings (SSSR count). The number of carbonyl (C=O) groups excluding carboxylic acids is 1. The number of aromatic nitrogens is 1. The average Bonchev–Trinajstić information content (AvgIpc) is 3.17. The predicted molar refractivity (Wildman–Crippen MR) is 71.2 cm³/mol. The van der Waals surface area contributed by atoms with E-state index in [1.54, 1.807) is 25.7 Å². The molecule has 0 spiro atoms. The number of aliphatic carboxylic acids is 1. The highest BCUT2D eigenvalue weighted by atomic mass is 16.5. The van der Waals surface area contributed by atoms with Gasteiger partial charge in [-0.15, -0.1) is 0 Å². The van der Waals surface area contributed by atoms with Crippen molar-refractivity contribution in [1.29, 1.82) is 0 Å². The number of carboxylic acids is 1. The molecule has 1 aliphatic rings. The molecule has 0 bridgehead atoms. The van der Waals surface area contributed by atoms with Crippen LogP contribution in [0.15, 0.2) is 4.52 Å². The predicted octanol–water partition coefficient (Wildman–Crippen LogP) is 1.55. The van der Waals surface area contributed by atoms with E-state index < -0.39 is 11.9 Å². The third-order valence-electron chi connectivity index (χ3n) is 3.71. The maximum absolute atomic E-state index is 12.4. The summed E-state index contributed by atoms with van der Waals surface area (Å²) in [5.74, 6) is -0.821. The van der Waals surface area contributed by atoms with Crippen LogP contribution < -0.4 is 0 Å². The van der Waals surface area contributed by atoms with Gasteiger partial charge in [0.2, 0.25) is 5.91 Å². The molecule has 1 atom stereocenters. The van der Waals surface area contributed by atoms with Gasteiger partial charge in [0.05, 0.1) is 18.0 Å². The number of amides is 1. The molecule has 0 saturated heterocycles. The molecule has 1 fully saturated rings. The first-order chi connectivity index (χ1) is 9.40. The van der Waals surface area contributed by atoms with Crippen LogP contribution in [-0.4, -0.2) is 39.6 Å². The molecule has 1 heterocycles. The van der Waals surface area contributed by atoms with Gasteiger partial charge in [-0.3, -0.25) is 9.59 Å². The monoisotopic (exact) mass is 280 g/mol. The summed E-state index contributed by atoms with van der Waals surface area (Å²) in [6.45, 7) is 5.48. The lowest BCUT2D eigenvalue weighted by Crippen LogP contribution is -2.39. The molecule has 0 aliphatic heterocycles. The van der Waals surface area contributed by atoms with E-state index >= 15 is 0 Å². The first kappa shape index (κ1) is 14.6. The molecule has 0 aromatic carbocycles. The van der Waals surface area contributed by atoms with Gasteiger partial charge in [0.25, 0.3) is 0 Å². The van der Waals surface area contributed by atoms with Gasteiger partial charge in [-0.2, -0.15) is 0 Å². The third-order valence-corrected chi connectivity index (χ3v) is 3.71. The number of carbonyl (C=O) groups is 2. The van der Waals surface area contributed by atoms with E-state index in [4.69, 9.17) is 9.63 Å². The van der Waals surface area contributed by atoms with E-state index in [1.165, 1.54) is 0 Å². The van der Waals surface area contributed by atoms with Crippen LogP contribution >= 0.6 is 0 Å². The van der Waals surface area contributed by atoms with Crippen LogP contribution in [0.1, 0.15) is 36.8 Å². The highest BCUT2D eigenvalue weighted by Gasteiger charge is 2.34. The van der Waals surface area contributed by atoms with E-state index in [2.05, 4.69) is 5.16 Å². The lowest BCUT2D eigenvalue weighted by atomic mass is 10.1. The largest absolute Gasteiger partial charge is 0.481 e. The number of hydrogen-bond acceptors (Lipinski definition) is 4. The Balaban J connectivity index is 2.06. The van der Waals surface area contributed by atoms with Crippen LogP contribution in [0.5, 0.6) is 0 Å². The van der Waals surface area contributed by atoms with E-state index in [9.17, 15) is 9.59 Å². The molecule has 6 heteroatoms.